The summed E-state index contributed by atoms with van der Waals surface area (Å²) >= 11 is 0. The van der Waals surface area contributed by atoms with E-state index in [1.165, 1.54) is 0 Å². The second-order valence-electron chi connectivity index (χ2n) is 4.41. The van der Waals surface area contributed by atoms with Crippen molar-refractivity contribution in [2.24, 2.45) is 5.92 Å². The molecule has 0 radical (unpaired) electrons. The molecule has 1 amide bonds. The predicted octanol–water partition coefficient (Wildman–Crippen LogP) is 1.86. The number of esters is 1. The van der Waals surface area contributed by atoms with E-state index in [-0.39, 0.29) is 24.5 Å². The molecular weight excluding hydrogens is 246 g/mol. The van der Waals surface area contributed by atoms with Crippen LogP contribution in [0.25, 0.3) is 0 Å². The quantitative estimate of drug-likeness (QED) is 0.824. The number of benzene rings is 1. The van der Waals surface area contributed by atoms with Gasteiger partial charge >= 0.3 is 12.1 Å². The van der Waals surface area contributed by atoms with Crippen LogP contribution in [0.2, 0.25) is 0 Å². The molecule has 0 bridgehead atoms. The van der Waals surface area contributed by atoms with Crippen LogP contribution in [0.1, 0.15) is 18.9 Å². The van der Waals surface area contributed by atoms with Gasteiger partial charge in [0.15, 0.2) is 0 Å². The summed E-state index contributed by atoms with van der Waals surface area (Å²) in [5.41, 5.74) is 0.926. The number of carbonyl (C=O) groups is 2. The third-order valence-electron chi connectivity index (χ3n) is 2.90. The Labute approximate surface area is 111 Å². The van der Waals surface area contributed by atoms with Gasteiger partial charge in [0.05, 0.1) is 12.5 Å². The molecule has 19 heavy (non-hydrogen) atoms. The first-order chi connectivity index (χ1) is 9.20. The highest BCUT2D eigenvalue weighted by molar-refractivity contribution is 5.78. The number of rotatable bonds is 5. The number of carbonyl (C=O) groups excluding carboxylic acids is 2. The van der Waals surface area contributed by atoms with E-state index in [1.54, 1.807) is 6.92 Å². The van der Waals surface area contributed by atoms with Crippen molar-refractivity contribution < 1.29 is 19.1 Å². The number of ether oxygens (including phenoxy) is 2. The summed E-state index contributed by atoms with van der Waals surface area (Å²) in [6.07, 6.45) is 0.125. The molecule has 2 atom stereocenters. The Kier molecular flexibility index (Phi) is 4.39. The maximum absolute atomic E-state index is 11.5. The number of amides is 1. The first kappa shape index (κ1) is 13.4. The molecule has 0 unspecified atom stereocenters. The summed E-state index contributed by atoms with van der Waals surface area (Å²) in [5.74, 6) is -0.472. The van der Waals surface area contributed by atoms with Gasteiger partial charge in [-0.05, 0) is 18.9 Å². The van der Waals surface area contributed by atoms with Gasteiger partial charge in [-0.15, -0.1) is 0 Å². The first-order valence-corrected chi connectivity index (χ1v) is 6.34. The Hall–Kier alpha value is -2.04. The Balaban J connectivity index is 1.68. The van der Waals surface area contributed by atoms with Gasteiger partial charge in [0, 0.05) is 6.04 Å². The van der Waals surface area contributed by atoms with Crippen LogP contribution in [0.15, 0.2) is 30.3 Å². The lowest BCUT2D eigenvalue weighted by molar-refractivity contribution is -0.144. The van der Waals surface area contributed by atoms with Gasteiger partial charge in [-0.3, -0.25) is 4.79 Å². The molecule has 2 rings (SSSR count). The molecule has 1 fully saturated rings. The van der Waals surface area contributed by atoms with E-state index in [4.69, 9.17) is 9.47 Å². The van der Waals surface area contributed by atoms with E-state index >= 15 is 0 Å². The zero-order valence-electron chi connectivity index (χ0n) is 10.8. The molecule has 0 aromatic heterocycles. The monoisotopic (exact) mass is 263 g/mol. The van der Waals surface area contributed by atoms with E-state index in [0.29, 0.717) is 13.0 Å². The largest absolute Gasteiger partial charge is 0.466 e. The number of hydrogen-bond acceptors (Lipinski definition) is 4. The van der Waals surface area contributed by atoms with Crippen LogP contribution in [-0.4, -0.2) is 24.7 Å². The van der Waals surface area contributed by atoms with Crippen molar-refractivity contribution >= 4 is 12.1 Å². The molecule has 1 saturated carbocycles. The molecule has 1 N–H and O–H groups in total. The minimum atomic E-state index is -0.499. The van der Waals surface area contributed by atoms with Crippen LogP contribution in [-0.2, 0) is 20.9 Å². The van der Waals surface area contributed by atoms with Gasteiger partial charge < -0.3 is 14.8 Å². The van der Waals surface area contributed by atoms with Crippen LogP contribution in [0, 0.1) is 5.92 Å². The third-order valence-corrected chi connectivity index (χ3v) is 2.90. The van der Waals surface area contributed by atoms with E-state index in [2.05, 4.69) is 5.32 Å². The Bertz CT molecular complexity index is 446. The third kappa shape index (κ3) is 3.98. The summed E-state index contributed by atoms with van der Waals surface area (Å²) in [6, 6.07) is 9.28. The van der Waals surface area contributed by atoms with Crippen LogP contribution < -0.4 is 5.32 Å². The van der Waals surface area contributed by atoms with Crippen LogP contribution in [0.4, 0.5) is 4.79 Å². The topological polar surface area (TPSA) is 64.6 Å². The Morgan fingerprint density at radius 1 is 1.26 bits per heavy atom. The highest BCUT2D eigenvalue weighted by Gasteiger charge is 2.45. The van der Waals surface area contributed by atoms with Gasteiger partial charge in [0.25, 0.3) is 0 Å². The lowest BCUT2D eigenvalue weighted by Crippen LogP contribution is -2.29. The van der Waals surface area contributed by atoms with Crippen molar-refractivity contribution in [2.45, 2.75) is 26.0 Å². The molecule has 1 aliphatic rings. The fourth-order valence-electron chi connectivity index (χ4n) is 1.78. The standard InChI is InChI=1S/C14H17NO4/c1-2-18-13(16)11-8-12(11)15-14(17)19-9-10-6-4-3-5-7-10/h3-7,11-12H,2,8-9H2,1H3,(H,15,17)/t11-,12-/m0/s1. The molecule has 5 heteroatoms. The van der Waals surface area contributed by atoms with E-state index in [1.807, 2.05) is 30.3 Å². The fourth-order valence-corrected chi connectivity index (χ4v) is 1.78. The highest BCUT2D eigenvalue weighted by atomic mass is 16.5. The van der Waals surface area contributed by atoms with Gasteiger partial charge in [0.1, 0.15) is 6.61 Å². The lowest BCUT2D eigenvalue weighted by atomic mass is 10.2. The average Bonchev–Trinajstić information content (AvgIpc) is 3.17. The summed E-state index contributed by atoms with van der Waals surface area (Å²) in [6.45, 7) is 2.35. The van der Waals surface area contributed by atoms with Gasteiger partial charge in [0.2, 0.25) is 0 Å². The second-order valence-corrected chi connectivity index (χ2v) is 4.41. The van der Waals surface area contributed by atoms with Crippen LogP contribution >= 0.6 is 0 Å². The molecule has 0 heterocycles. The smallest absolute Gasteiger partial charge is 0.407 e. The Morgan fingerprint density at radius 3 is 2.68 bits per heavy atom. The maximum atomic E-state index is 11.5. The van der Waals surface area contributed by atoms with Crippen molar-refractivity contribution in [1.29, 1.82) is 0 Å². The average molecular weight is 263 g/mol. The summed E-state index contributed by atoms with van der Waals surface area (Å²) in [7, 11) is 0. The zero-order valence-corrected chi connectivity index (χ0v) is 10.8. The fraction of sp³-hybridized carbons (Fsp3) is 0.429. The normalized spacial score (nSPS) is 20.5. The molecule has 102 valence electrons. The molecule has 1 aromatic carbocycles. The molecule has 1 aromatic rings. The van der Waals surface area contributed by atoms with Gasteiger partial charge in [-0.1, -0.05) is 30.3 Å². The predicted molar refractivity (Wildman–Crippen MR) is 68.3 cm³/mol. The molecule has 0 saturated heterocycles. The molecule has 1 aliphatic carbocycles. The van der Waals surface area contributed by atoms with E-state index < -0.39 is 6.09 Å². The number of hydrogen-bond donors (Lipinski definition) is 1. The van der Waals surface area contributed by atoms with Crippen molar-refractivity contribution in [3.8, 4) is 0 Å². The minimum absolute atomic E-state index is 0.151. The van der Waals surface area contributed by atoms with E-state index in [0.717, 1.165) is 5.56 Å². The molecule has 0 spiro atoms. The number of nitrogens with one attached hydrogen (secondary N) is 1. The van der Waals surface area contributed by atoms with Gasteiger partial charge in [-0.25, -0.2) is 4.79 Å². The van der Waals surface area contributed by atoms with Crippen molar-refractivity contribution in [2.75, 3.05) is 6.61 Å². The molecular formula is C14H17NO4. The summed E-state index contributed by atoms with van der Waals surface area (Å²) in [4.78, 5) is 22.9. The summed E-state index contributed by atoms with van der Waals surface area (Å²) in [5, 5.41) is 2.65. The zero-order chi connectivity index (χ0) is 13.7. The lowest BCUT2D eigenvalue weighted by Gasteiger charge is -2.06. The van der Waals surface area contributed by atoms with Crippen molar-refractivity contribution in [1.82, 2.24) is 5.32 Å². The first-order valence-electron chi connectivity index (χ1n) is 6.34. The highest BCUT2D eigenvalue weighted by Crippen LogP contribution is 2.31. The Morgan fingerprint density at radius 2 is 2.00 bits per heavy atom. The minimum Gasteiger partial charge on any atom is -0.466 e. The van der Waals surface area contributed by atoms with Crippen molar-refractivity contribution in [3.05, 3.63) is 35.9 Å². The maximum Gasteiger partial charge on any atom is 0.407 e. The van der Waals surface area contributed by atoms with Crippen LogP contribution in [0.3, 0.4) is 0 Å². The van der Waals surface area contributed by atoms with Crippen LogP contribution in [0.5, 0.6) is 0 Å². The van der Waals surface area contributed by atoms with Crippen molar-refractivity contribution in [3.63, 3.8) is 0 Å². The molecule has 5 nitrogen and oxygen atoms in total. The number of alkyl carbamates (subject to hydrolysis) is 1. The second kappa shape index (κ2) is 6.22. The summed E-state index contributed by atoms with van der Waals surface area (Å²) < 4.78 is 9.94. The SMILES string of the molecule is CCOC(=O)[C@H]1C[C@@H]1NC(=O)OCc1ccccc1. The molecule has 0 aliphatic heterocycles. The van der Waals surface area contributed by atoms with E-state index in [9.17, 15) is 9.59 Å². The van der Waals surface area contributed by atoms with Gasteiger partial charge in [-0.2, -0.15) is 0 Å².